The van der Waals surface area contributed by atoms with Gasteiger partial charge in [0.2, 0.25) is 0 Å². The van der Waals surface area contributed by atoms with Crippen molar-refractivity contribution in [2.75, 3.05) is 19.5 Å². The van der Waals surface area contributed by atoms with E-state index in [0.717, 1.165) is 12.5 Å². The molecule has 6 heteroatoms. The van der Waals surface area contributed by atoms with Crippen LogP contribution >= 0.6 is 0 Å². The highest BCUT2D eigenvalue weighted by Gasteiger charge is 2.14. The zero-order valence-electron chi connectivity index (χ0n) is 15.5. The van der Waals surface area contributed by atoms with Crippen molar-refractivity contribution in [3.63, 3.8) is 0 Å². The number of anilines is 1. The number of benzene rings is 1. The SMILES string of the molecule is COc1ccc(C(=O)Nc2cn(CCC3CCCCC3)cn2)cc1OC. The number of hydrogen-bond acceptors (Lipinski definition) is 4. The van der Waals surface area contributed by atoms with E-state index in [-0.39, 0.29) is 5.91 Å². The quantitative estimate of drug-likeness (QED) is 0.809. The molecule has 1 amide bonds. The van der Waals surface area contributed by atoms with Crippen LogP contribution in [0.5, 0.6) is 11.5 Å². The Hall–Kier alpha value is -2.50. The lowest BCUT2D eigenvalue weighted by atomic mass is 9.87. The number of aryl methyl sites for hydroxylation is 1. The smallest absolute Gasteiger partial charge is 0.256 e. The Labute approximate surface area is 154 Å². The lowest BCUT2D eigenvalue weighted by molar-refractivity contribution is 0.102. The van der Waals surface area contributed by atoms with E-state index in [1.165, 1.54) is 38.5 Å². The van der Waals surface area contributed by atoms with Gasteiger partial charge >= 0.3 is 0 Å². The second-order valence-electron chi connectivity index (χ2n) is 6.81. The van der Waals surface area contributed by atoms with Crippen molar-refractivity contribution in [3.8, 4) is 11.5 Å². The van der Waals surface area contributed by atoms with Crippen molar-refractivity contribution in [1.29, 1.82) is 0 Å². The molecule has 0 unspecified atom stereocenters. The molecule has 6 nitrogen and oxygen atoms in total. The van der Waals surface area contributed by atoms with Crippen molar-refractivity contribution >= 4 is 11.7 Å². The summed E-state index contributed by atoms with van der Waals surface area (Å²) in [5.41, 5.74) is 0.499. The number of methoxy groups -OCH3 is 2. The third-order valence-corrected chi connectivity index (χ3v) is 5.04. The molecule has 3 rings (SSSR count). The summed E-state index contributed by atoms with van der Waals surface area (Å²) >= 11 is 0. The lowest BCUT2D eigenvalue weighted by Crippen LogP contribution is -2.12. The summed E-state index contributed by atoms with van der Waals surface area (Å²) in [7, 11) is 3.12. The molecular formula is C20H27N3O3. The number of aromatic nitrogens is 2. The molecule has 0 radical (unpaired) electrons. The Morgan fingerprint density at radius 3 is 2.69 bits per heavy atom. The third kappa shape index (κ3) is 4.56. The first-order valence-corrected chi connectivity index (χ1v) is 9.24. The van der Waals surface area contributed by atoms with Gasteiger partial charge in [-0.15, -0.1) is 0 Å². The second kappa shape index (κ2) is 8.74. The highest BCUT2D eigenvalue weighted by Crippen LogP contribution is 2.28. The normalized spacial score (nSPS) is 14.8. The third-order valence-electron chi connectivity index (χ3n) is 5.04. The molecule has 1 heterocycles. The maximum absolute atomic E-state index is 12.4. The molecule has 1 aliphatic rings. The van der Waals surface area contributed by atoms with Gasteiger partial charge in [0.25, 0.3) is 5.91 Å². The van der Waals surface area contributed by atoms with Gasteiger partial charge in [0.1, 0.15) is 0 Å². The second-order valence-corrected chi connectivity index (χ2v) is 6.81. The fourth-order valence-electron chi connectivity index (χ4n) is 3.52. The lowest BCUT2D eigenvalue weighted by Gasteiger charge is -2.21. The molecule has 0 saturated heterocycles. The Morgan fingerprint density at radius 1 is 1.19 bits per heavy atom. The predicted octanol–water partition coefficient (Wildman–Crippen LogP) is 4.12. The molecule has 1 saturated carbocycles. The number of nitrogens with zero attached hydrogens (tertiary/aromatic N) is 2. The average Bonchev–Trinajstić information content (AvgIpc) is 3.13. The van der Waals surface area contributed by atoms with Crippen LogP contribution in [0, 0.1) is 5.92 Å². The van der Waals surface area contributed by atoms with Gasteiger partial charge in [0.05, 0.1) is 20.5 Å². The van der Waals surface area contributed by atoms with Crippen LogP contribution in [0.3, 0.4) is 0 Å². The van der Waals surface area contributed by atoms with Crippen LogP contribution in [0.4, 0.5) is 5.82 Å². The number of carbonyl (C=O) groups is 1. The maximum Gasteiger partial charge on any atom is 0.256 e. The van der Waals surface area contributed by atoms with Crippen molar-refractivity contribution in [3.05, 3.63) is 36.3 Å². The van der Waals surface area contributed by atoms with Crippen molar-refractivity contribution in [2.45, 2.75) is 45.1 Å². The first-order chi connectivity index (χ1) is 12.7. The molecule has 1 fully saturated rings. The molecule has 0 atom stereocenters. The number of carbonyl (C=O) groups excluding carboxylic acids is 1. The number of imidazole rings is 1. The Balaban J connectivity index is 1.57. The molecule has 26 heavy (non-hydrogen) atoms. The van der Waals surface area contributed by atoms with Crippen LogP contribution in [0.25, 0.3) is 0 Å². The standard InChI is InChI=1S/C20H27N3O3/c1-25-17-9-8-16(12-18(17)26-2)20(24)22-19-13-23(14-21-19)11-10-15-6-4-3-5-7-15/h8-9,12-15H,3-7,10-11H2,1-2H3,(H,22,24). The Morgan fingerprint density at radius 2 is 1.96 bits per heavy atom. The van der Waals surface area contributed by atoms with E-state index in [0.29, 0.717) is 22.9 Å². The fourth-order valence-corrected chi connectivity index (χ4v) is 3.52. The van der Waals surface area contributed by atoms with Gasteiger partial charge in [-0.05, 0) is 30.5 Å². The van der Waals surface area contributed by atoms with Gasteiger partial charge in [-0.1, -0.05) is 32.1 Å². The van der Waals surface area contributed by atoms with Crippen molar-refractivity contribution in [1.82, 2.24) is 9.55 Å². The average molecular weight is 357 g/mol. The summed E-state index contributed by atoms with van der Waals surface area (Å²) in [5, 5.41) is 2.84. The summed E-state index contributed by atoms with van der Waals surface area (Å²) < 4.78 is 12.5. The van der Waals surface area contributed by atoms with E-state index < -0.39 is 0 Å². The van der Waals surface area contributed by atoms with Crippen LogP contribution in [-0.4, -0.2) is 29.7 Å². The van der Waals surface area contributed by atoms with Gasteiger partial charge < -0.3 is 19.4 Å². The molecule has 140 valence electrons. The van der Waals surface area contributed by atoms with Crippen molar-refractivity contribution in [2.24, 2.45) is 5.92 Å². The minimum atomic E-state index is -0.219. The number of nitrogens with one attached hydrogen (secondary N) is 1. The fraction of sp³-hybridized carbons (Fsp3) is 0.500. The highest BCUT2D eigenvalue weighted by atomic mass is 16.5. The summed E-state index contributed by atoms with van der Waals surface area (Å²) in [6.07, 6.45) is 11.7. The first kappa shape index (κ1) is 18.3. The van der Waals surface area contributed by atoms with Gasteiger partial charge in [0, 0.05) is 18.3 Å². The zero-order valence-corrected chi connectivity index (χ0v) is 15.5. The summed E-state index contributed by atoms with van der Waals surface area (Å²) in [6, 6.07) is 5.08. The molecule has 0 spiro atoms. The number of amides is 1. The van der Waals surface area contributed by atoms with E-state index in [1.807, 2.05) is 6.20 Å². The van der Waals surface area contributed by atoms with Gasteiger partial charge in [0.15, 0.2) is 17.3 Å². The van der Waals surface area contributed by atoms with Crippen LogP contribution in [0.15, 0.2) is 30.7 Å². The topological polar surface area (TPSA) is 65.4 Å². The summed E-state index contributed by atoms with van der Waals surface area (Å²) in [6.45, 7) is 0.948. The van der Waals surface area contributed by atoms with Gasteiger partial charge in [-0.25, -0.2) is 4.98 Å². The van der Waals surface area contributed by atoms with E-state index in [2.05, 4.69) is 14.9 Å². The molecule has 1 aromatic carbocycles. The van der Waals surface area contributed by atoms with Crippen LogP contribution in [0.2, 0.25) is 0 Å². The van der Waals surface area contributed by atoms with E-state index in [4.69, 9.17) is 9.47 Å². The largest absolute Gasteiger partial charge is 0.493 e. The molecule has 0 aliphatic heterocycles. The van der Waals surface area contributed by atoms with Gasteiger partial charge in [-0.2, -0.15) is 0 Å². The van der Waals surface area contributed by atoms with Crippen LogP contribution < -0.4 is 14.8 Å². The monoisotopic (exact) mass is 357 g/mol. The molecule has 1 N–H and O–H groups in total. The zero-order chi connectivity index (χ0) is 18.4. The van der Waals surface area contributed by atoms with Crippen molar-refractivity contribution < 1.29 is 14.3 Å². The number of ether oxygens (including phenoxy) is 2. The minimum Gasteiger partial charge on any atom is -0.493 e. The number of rotatable bonds is 7. The Bertz CT molecular complexity index is 736. The predicted molar refractivity (Wildman–Crippen MR) is 101 cm³/mol. The van der Waals surface area contributed by atoms with Gasteiger partial charge in [-0.3, -0.25) is 4.79 Å². The Kier molecular flexibility index (Phi) is 6.15. The van der Waals surface area contributed by atoms with E-state index in [9.17, 15) is 4.79 Å². The summed E-state index contributed by atoms with van der Waals surface area (Å²) in [4.78, 5) is 16.7. The van der Waals surface area contributed by atoms with Crippen LogP contribution in [0.1, 0.15) is 48.9 Å². The molecule has 1 aliphatic carbocycles. The van der Waals surface area contributed by atoms with Crippen LogP contribution in [-0.2, 0) is 6.54 Å². The number of hydrogen-bond donors (Lipinski definition) is 1. The van der Waals surface area contributed by atoms with E-state index >= 15 is 0 Å². The molecular weight excluding hydrogens is 330 g/mol. The molecule has 0 bridgehead atoms. The first-order valence-electron chi connectivity index (χ1n) is 9.24. The minimum absolute atomic E-state index is 0.219. The van der Waals surface area contributed by atoms with E-state index in [1.54, 1.807) is 38.7 Å². The maximum atomic E-state index is 12.4. The highest BCUT2D eigenvalue weighted by molar-refractivity contribution is 6.04. The summed E-state index contributed by atoms with van der Waals surface area (Å²) in [5.74, 6) is 2.29. The molecule has 1 aromatic heterocycles. The molecule has 2 aromatic rings.